The van der Waals surface area contributed by atoms with Crippen LogP contribution in [0.2, 0.25) is 0 Å². The Kier molecular flexibility index (Phi) is 6.01. The molecule has 1 aliphatic heterocycles. The highest BCUT2D eigenvalue weighted by molar-refractivity contribution is 5.74. The molecule has 0 aliphatic carbocycles. The van der Waals surface area contributed by atoms with E-state index < -0.39 is 23.7 Å². The Hall–Kier alpha value is -1.30. The van der Waals surface area contributed by atoms with Crippen molar-refractivity contribution in [2.45, 2.75) is 71.7 Å². The first kappa shape index (κ1) is 17.8. The average Bonchev–Trinajstić information content (AvgIpc) is 2.73. The lowest BCUT2D eigenvalue weighted by Crippen LogP contribution is -2.53. The summed E-state index contributed by atoms with van der Waals surface area (Å²) in [5.41, 5.74) is -0.566. The molecule has 2 N–H and O–H groups in total. The summed E-state index contributed by atoms with van der Waals surface area (Å²) in [7, 11) is 0. The van der Waals surface area contributed by atoms with Crippen LogP contribution in [0.3, 0.4) is 0 Å². The predicted octanol–water partition coefficient (Wildman–Crippen LogP) is 2.43. The van der Waals surface area contributed by atoms with Gasteiger partial charge < -0.3 is 15.2 Å². The first-order chi connectivity index (χ1) is 9.60. The topological polar surface area (TPSA) is 78.9 Å². The Morgan fingerprint density at radius 1 is 1.38 bits per heavy atom. The number of carboxylic acid groups (broad SMARTS) is 1. The lowest BCUT2D eigenvalue weighted by atomic mass is 10.1. The normalized spacial score (nSPS) is 21.3. The molecule has 2 atom stereocenters. The number of aliphatic carboxylic acids is 1. The van der Waals surface area contributed by atoms with Gasteiger partial charge in [-0.3, -0.25) is 9.69 Å². The fourth-order valence-electron chi connectivity index (χ4n) is 2.59. The summed E-state index contributed by atoms with van der Waals surface area (Å²) in [5.74, 6) is -0.479. The summed E-state index contributed by atoms with van der Waals surface area (Å²) in [5, 5.41) is 12.1. The van der Waals surface area contributed by atoms with Crippen molar-refractivity contribution in [3.05, 3.63) is 0 Å². The average molecular weight is 300 g/mol. The predicted molar refractivity (Wildman–Crippen MR) is 80.0 cm³/mol. The van der Waals surface area contributed by atoms with Gasteiger partial charge in [0.05, 0.1) is 6.17 Å². The first-order valence-electron chi connectivity index (χ1n) is 7.58. The van der Waals surface area contributed by atoms with Gasteiger partial charge in [0.2, 0.25) is 0 Å². The number of carbonyl (C=O) groups is 2. The van der Waals surface area contributed by atoms with Gasteiger partial charge in [0.15, 0.2) is 0 Å². The summed E-state index contributed by atoms with van der Waals surface area (Å²) < 4.78 is 5.28. The van der Waals surface area contributed by atoms with Gasteiger partial charge in [-0.2, -0.15) is 0 Å². The van der Waals surface area contributed by atoms with Gasteiger partial charge in [-0.1, -0.05) is 13.8 Å². The summed E-state index contributed by atoms with van der Waals surface area (Å²) in [6, 6.07) is -0.524. The Balaban J connectivity index is 2.76. The van der Waals surface area contributed by atoms with Gasteiger partial charge in [0.25, 0.3) is 0 Å². The maximum atomic E-state index is 12.0. The van der Waals surface area contributed by atoms with Crippen molar-refractivity contribution in [3.63, 3.8) is 0 Å². The van der Waals surface area contributed by atoms with Crippen molar-refractivity contribution in [2.75, 3.05) is 6.54 Å². The zero-order chi connectivity index (χ0) is 16.2. The molecule has 1 heterocycles. The number of amides is 1. The van der Waals surface area contributed by atoms with E-state index in [4.69, 9.17) is 4.74 Å². The molecular formula is C15H28N2O4. The largest absolute Gasteiger partial charge is 0.480 e. The van der Waals surface area contributed by atoms with Crippen molar-refractivity contribution in [1.29, 1.82) is 0 Å². The van der Waals surface area contributed by atoms with Gasteiger partial charge in [0, 0.05) is 6.54 Å². The summed E-state index contributed by atoms with van der Waals surface area (Å²) >= 11 is 0. The van der Waals surface area contributed by atoms with Crippen LogP contribution in [0.1, 0.15) is 53.9 Å². The highest BCUT2D eigenvalue weighted by Crippen LogP contribution is 2.23. The van der Waals surface area contributed by atoms with E-state index in [1.165, 1.54) is 0 Å². The van der Waals surface area contributed by atoms with Crippen LogP contribution in [0.25, 0.3) is 0 Å². The third-order valence-corrected chi connectivity index (χ3v) is 3.36. The molecular weight excluding hydrogens is 272 g/mol. The molecule has 0 bridgehead atoms. The maximum absolute atomic E-state index is 12.0. The van der Waals surface area contributed by atoms with Crippen LogP contribution in [0.5, 0.6) is 0 Å². The number of hydrogen-bond acceptors (Lipinski definition) is 4. The minimum Gasteiger partial charge on any atom is -0.480 e. The fourth-order valence-corrected chi connectivity index (χ4v) is 2.59. The first-order valence-corrected chi connectivity index (χ1v) is 7.58. The monoisotopic (exact) mass is 300 g/mol. The van der Waals surface area contributed by atoms with Crippen molar-refractivity contribution in [1.82, 2.24) is 10.2 Å². The molecule has 1 amide bonds. The van der Waals surface area contributed by atoms with E-state index >= 15 is 0 Å². The second-order valence-electron chi connectivity index (χ2n) is 7.03. The van der Waals surface area contributed by atoms with E-state index in [2.05, 4.69) is 19.2 Å². The SMILES string of the molecule is CC(C)CC(NC(=O)OC(C)(C)C)N1CCC[C@H]1C(=O)O. The van der Waals surface area contributed by atoms with Crippen molar-refractivity contribution in [3.8, 4) is 0 Å². The number of alkyl carbamates (subject to hydrolysis) is 1. The molecule has 122 valence electrons. The number of likely N-dealkylation sites (tertiary alicyclic amines) is 1. The van der Waals surface area contributed by atoms with Crippen molar-refractivity contribution in [2.24, 2.45) is 5.92 Å². The molecule has 1 saturated heterocycles. The van der Waals surface area contributed by atoms with Crippen molar-refractivity contribution >= 4 is 12.1 Å². The number of nitrogens with zero attached hydrogens (tertiary/aromatic N) is 1. The number of carboxylic acids is 1. The van der Waals surface area contributed by atoms with Crippen LogP contribution in [0.4, 0.5) is 4.79 Å². The Labute approximate surface area is 126 Å². The molecule has 6 heteroatoms. The molecule has 1 rings (SSSR count). The van der Waals surface area contributed by atoms with Gasteiger partial charge >= 0.3 is 12.1 Å². The van der Waals surface area contributed by atoms with E-state index in [-0.39, 0.29) is 6.17 Å². The van der Waals surface area contributed by atoms with Crippen LogP contribution in [-0.4, -0.2) is 46.4 Å². The van der Waals surface area contributed by atoms with Crippen LogP contribution < -0.4 is 5.32 Å². The van der Waals surface area contributed by atoms with Crippen LogP contribution in [0.15, 0.2) is 0 Å². The molecule has 1 aliphatic rings. The van der Waals surface area contributed by atoms with E-state index in [0.29, 0.717) is 25.3 Å². The Morgan fingerprint density at radius 3 is 2.48 bits per heavy atom. The Morgan fingerprint density at radius 2 is 2.00 bits per heavy atom. The lowest BCUT2D eigenvalue weighted by molar-refractivity contribution is -0.143. The molecule has 1 fully saturated rings. The number of carbonyl (C=O) groups excluding carboxylic acids is 1. The lowest BCUT2D eigenvalue weighted by Gasteiger charge is -2.33. The third kappa shape index (κ3) is 5.91. The van der Waals surface area contributed by atoms with E-state index in [0.717, 1.165) is 6.42 Å². The number of rotatable bonds is 5. The van der Waals surface area contributed by atoms with Gasteiger partial charge in [0.1, 0.15) is 11.6 Å². The summed E-state index contributed by atoms with van der Waals surface area (Å²) in [6.45, 7) is 10.2. The standard InChI is InChI=1S/C15H28N2O4/c1-10(2)9-12(16-14(20)21-15(3,4)5)17-8-6-7-11(17)13(18)19/h10-12H,6-9H2,1-5H3,(H,16,20)(H,18,19)/t11-,12?/m0/s1. The van der Waals surface area contributed by atoms with Crippen LogP contribution in [0, 0.1) is 5.92 Å². The molecule has 0 radical (unpaired) electrons. The van der Waals surface area contributed by atoms with Crippen LogP contribution >= 0.6 is 0 Å². The number of nitrogens with one attached hydrogen (secondary N) is 1. The van der Waals surface area contributed by atoms with Crippen molar-refractivity contribution < 1.29 is 19.4 Å². The molecule has 6 nitrogen and oxygen atoms in total. The smallest absolute Gasteiger partial charge is 0.408 e. The van der Waals surface area contributed by atoms with Gasteiger partial charge in [-0.25, -0.2) is 4.79 Å². The summed E-state index contributed by atoms with van der Waals surface area (Å²) in [6.07, 6.45) is 1.36. The van der Waals surface area contributed by atoms with E-state index in [1.807, 2.05) is 4.90 Å². The summed E-state index contributed by atoms with van der Waals surface area (Å²) in [4.78, 5) is 25.2. The Bertz CT molecular complexity index is 376. The highest BCUT2D eigenvalue weighted by atomic mass is 16.6. The minimum absolute atomic E-state index is 0.302. The van der Waals surface area contributed by atoms with Gasteiger partial charge in [-0.05, 0) is 46.0 Å². The minimum atomic E-state index is -0.827. The van der Waals surface area contributed by atoms with E-state index in [9.17, 15) is 14.7 Å². The second-order valence-corrected chi connectivity index (χ2v) is 7.03. The molecule has 0 saturated carbocycles. The molecule has 0 aromatic rings. The second kappa shape index (κ2) is 7.11. The molecule has 0 aromatic heterocycles. The van der Waals surface area contributed by atoms with E-state index in [1.54, 1.807) is 20.8 Å². The number of hydrogen-bond donors (Lipinski definition) is 2. The molecule has 1 unspecified atom stereocenters. The third-order valence-electron chi connectivity index (χ3n) is 3.36. The highest BCUT2D eigenvalue weighted by Gasteiger charge is 2.36. The molecule has 21 heavy (non-hydrogen) atoms. The zero-order valence-electron chi connectivity index (χ0n) is 13.7. The molecule has 0 aromatic carbocycles. The zero-order valence-corrected chi connectivity index (χ0v) is 13.7. The maximum Gasteiger partial charge on any atom is 0.408 e. The van der Waals surface area contributed by atoms with Crippen LogP contribution in [-0.2, 0) is 9.53 Å². The van der Waals surface area contributed by atoms with Gasteiger partial charge in [-0.15, -0.1) is 0 Å². The number of ether oxygens (including phenoxy) is 1. The quantitative estimate of drug-likeness (QED) is 0.815. The fraction of sp³-hybridized carbons (Fsp3) is 0.867. The molecule has 0 spiro atoms.